The number of halogens is 3. The molecule has 2 atom stereocenters. The summed E-state index contributed by atoms with van der Waals surface area (Å²) in [6, 6.07) is 2.74. The number of rotatable bonds is 3. The van der Waals surface area contributed by atoms with Crippen LogP contribution in [0.25, 0.3) is 0 Å². The monoisotopic (exact) mass is 329 g/mol. The molecule has 1 aliphatic heterocycles. The molecule has 0 spiro atoms. The van der Waals surface area contributed by atoms with E-state index >= 15 is 0 Å². The van der Waals surface area contributed by atoms with Crippen LogP contribution >= 0.6 is 0 Å². The van der Waals surface area contributed by atoms with E-state index < -0.39 is 24.2 Å². The second-order valence-corrected chi connectivity index (χ2v) is 6.23. The van der Waals surface area contributed by atoms with Crippen LogP contribution in [0, 0.1) is 0 Å². The fourth-order valence-electron chi connectivity index (χ4n) is 3.67. The van der Waals surface area contributed by atoms with E-state index in [1.807, 2.05) is 0 Å². The van der Waals surface area contributed by atoms with Gasteiger partial charge in [-0.25, -0.2) is 0 Å². The first-order chi connectivity index (χ1) is 10.8. The number of hydrogen-bond acceptors (Lipinski definition) is 3. The molecule has 1 amide bonds. The van der Waals surface area contributed by atoms with Crippen molar-refractivity contribution < 1.29 is 18.0 Å². The van der Waals surface area contributed by atoms with Gasteiger partial charge in [0.15, 0.2) is 0 Å². The number of pyridine rings is 1. The molecule has 3 rings (SSSR count). The van der Waals surface area contributed by atoms with Crippen molar-refractivity contribution in [1.82, 2.24) is 15.2 Å². The highest BCUT2D eigenvalue weighted by atomic mass is 19.4. The van der Waals surface area contributed by atoms with Crippen LogP contribution in [0.15, 0.2) is 23.1 Å². The van der Waals surface area contributed by atoms with Gasteiger partial charge in [-0.15, -0.1) is 0 Å². The Balaban J connectivity index is 1.83. The predicted octanol–water partition coefficient (Wildman–Crippen LogP) is 1.42. The SMILES string of the molecule is O=C(NC12CCCC1NCC2)c1cccn(CC(F)(F)F)c1=O. The van der Waals surface area contributed by atoms with Crippen LogP contribution in [-0.4, -0.2) is 34.8 Å². The molecular weight excluding hydrogens is 311 g/mol. The van der Waals surface area contributed by atoms with Gasteiger partial charge in [0.05, 0.1) is 5.54 Å². The Morgan fingerprint density at radius 2 is 2.22 bits per heavy atom. The fraction of sp³-hybridized carbons (Fsp3) is 0.600. The molecule has 2 fully saturated rings. The van der Waals surface area contributed by atoms with Crippen LogP contribution in [0.1, 0.15) is 36.0 Å². The number of carbonyl (C=O) groups excluding carboxylic acids is 1. The Hall–Kier alpha value is -1.83. The maximum Gasteiger partial charge on any atom is 0.406 e. The van der Waals surface area contributed by atoms with E-state index in [2.05, 4.69) is 10.6 Å². The third-order valence-corrected chi connectivity index (χ3v) is 4.72. The first-order valence-electron chi connectivity index (χ1n) is 7.63. The van der Waals surface area contributed by atoms with Gasteiger partial charge >= 0.3 is 6.18 Å². The molecule has 0 bridgehead atoms. The zero-order valence-corrected chi connectivity index (χ0v) is 12.4. The molecule has 8 heteroatoms. The van der Waals surface area contributed by atoms with E-state index in [0.717, 1.165) is 38.4 Å². The molecule has 1 aromatic rings. The summed E-state index contributed by atoms with van der Waals surface area (Å²) in [4.78, 5) is 24.6. The van der Waals surface area contributed by atoms with Crippen molar-refractivity contribution in [2.75, 3.05) is 6.54 Å². The molecule has 2 unspecified atom stereocenters. The molecule has 2 N–H and O–H groups in total. The summed E-state index contributed by atoms with van der Waals surface area (Å²) >= 11 is 0. The Morgan fingerprint density at radius 1 is 1.43 bits per heavy atom. The average molecular weight is 329 g/mol. The van der Waals surface area contributed by atoms with E-state index in [1.165, 1.54) is 12.1 Å². The summed E-state index contributed by atoms with van der Waals surface area (Å²) in [5.41, 5.74) is -1.54. The molecule has 5 nitrogen and oxygen atoms in total. The zero-order chi connectivity index (χ0) is 16.7. The number of hydrogen-bond donors (Lipinski definition) is 2. The lowest BCUT2D eigenvalue weighted by molar-refractivity contribution is -0.141. The highest BCUT2D eigenvalue weighted by Crippen LogP contribution is 2.36. The largest absolute Gasteiger partial charge is 0.406 e. The molecule has 23 heavy (non-hydrogen) atoms. The third kappa shape index (κ3) is 3.12. The van der Waals surface area contributed by atoms with Gasteiger partial charge in [0, 0.05) is 12.2 Å². The quantitative estimate of drug-likeness (QED) is 0.882. The van der Waals surface area contributed by atoms with Gasteiger partial charge < -0.3 is 15.2 Å². The molecule has 2 aliphatic rings. The lowest BCUT2D eigenvalue weighted by Gasteiger charge is -2.30. The van der Waals surface area contributed by atoms with Gasteiger partial charge in [-0.2, -0.15) is 13.2 Å². The van der Waals surface area contributed by atoms with E-state index in [4.69, 9.17) is 0 Å². The third-order valence-electron chi connectivity index (χ3n) is 4.72. The topological polar surface area (TPSA) is 63.1 Å². The van der Waals surface area contributed by atoms with E-state index in [1.54, 1.807) is 0 Å². The molecule has 126 valence electrons. The van der Waals surface area contributed by atoms with Crippen LogP contribution in [0.5, 0.6) is 0 Å². The lowest BCUT2D eigenvalue weighted by atomic mass is 9.92. The minimum absolute atomic E-state index is 0.174. The summed E-state index contributed by atoms with van der Waals surface area (Å²) in [6.07, 6.45) is 0.0509. The van der Waals surface area contributed by atoms with Crippen molar-refractivity contribution in [3.63, 3.8) is 0 Å². The van der Waals surface area contributed by atoms with Crippen molar-refractivity contribution in [3.8, 4) is 0 Å². The van der Waals surface area contributed by atoms with Crippen molar-refractivity contribution in [1.29, 1.82) is 0 Å². The maximum absolute atomic E-state index is 12.5. The number of nitrogens with one attached hydrogen (secondary N) is 2. The number of aromatic nitrogens is 1. The first kappa shape index (κ1) is 16.0. The first-order valence-corrected chi connectivity index (χ1v) is 7.63. The standard InChI is InChI=1S/C15H18F3N3O2/c16-15(17,18)9-21-8-2-3-10(13(21)23)12(22)20-14-5-1-4-11(14)19-7-6-14/h2-3,8,11,19H,1,4-7,9H2,(H,20,22). The summed E-state index contributed by atoms with van der Waals surface area (Å²) in [5, 5.41) is 6.23. The number of carbonyl (C=O) groups is 1. The lowest BCUT2D eigenvalue weighted by Crippen LogP contribution is -2.53. The Bertz CT molecular complexity index is 659. The molecular formula is C15H18F3N3O2. The van der Waals surface area contributed by atoms with Gasteiger partial charge in [0.1, 0.15) is 12.1 Å². The molecule has 1 aromatic heterocycles. The van der Waals surface area contributed by atoms with Crippen LogP contribution in [0.2, 0.25) is 0 Å². The van der Waals surface area contributed by atoms with Crippen molar-refractivity contribution in [3.05, 3.63) is 34.2 Å². The zero-order valence-electron chi connectivity index (χ0n) is 12.4. The van der Waals surface area contributed by atoms with Gasteiger partial charge in [0.25, 0.3) is 11.5 Å². The number of nitrogens with zero attached hydrogens (tertiary/aromatic N) is 1. The number of fused-ring (bicyclic) bond motifs is 1. The molecule has 1 saturated heterocycles. The highest BCUT2D eigenvalue weighted by Gasteiger charge is 2.47. The van der Waals surface area contributed by atoms with Crippen molar-refractivity contribution >= 4 is 5.91 Å². The van der Waals surface area contributed by atoms with Crippen molar-refractivity contribution in [2.24, 2.45) is 0 Å². The van der Waals surface area contributed by atoms with Crippen LogP contribution < -0.4 is 16.2 Å². The van der Waals surface area contributed by atoms with Crippen LogP contribution in [0.3, 0.4) is 0 Å². The molecule has 0 aromatic carbocycles. The number of alkyl halides is 3. The fourth-order valence-corrected chi connectivity index (χ4v) is 3.67. The summed E-state index contributed by atoms with van der Waals surface area (Å²) in [5.74, 6) is -0.595. The Morgan fingerprint density at radius 3 is 2.96 bits per heavy atom. The van der Waals surface area contributed by atoms with E-state index in [9.17, 15) is 22.8 Å². The second kappa shape index (κ2) is 5.67. The van der Waals surface area contributed by atoms with Gasteiger partial charge in [-0.05, 0) is 44.4 Å². The van der Waals surface area contributed by atoms with Gasteiger partial charge in [-0.3, -0.25) is 9.59 Å². The number of amides is 1. The molecule has 0 radical (unpaired) electrons. The van der Waals surface area contributed by atoms with Gasteiger partial charge in [-0.1, -0.05) is 0 Å². The summed E-state index contributed by atoms with van der Waals surface area (Å²) in [6.45, 7) is -0.611. The molecule has 1 aliphatic carbocycles. The molecule has 2 heterocycles. The van der Waals surface area contributed by atoms with E-state index in [-0.39, 0.29) is 17.1 Å². The minimum Gasteiger partial charge on any atom is -0.345 e. The van der Waals surface area contributed by atoms with E-state index in [0.29, 0.717) is 4.57 Å². The Kier molecular flexibility index (Phi) is 3.95. The predicted molar refractivity (Wildman–Crippen MR) is 77.2 cm³/mol. The van der Waals surface area contributed by atoms with Crippen LogP contribution in [0.4, 0.5) is 13.2 Å². The van der Waals surface area contributed by atoms with Gasteiger partial charge in [0.2, 0.25) is 0 Å². The van der Waals surface area contributed by atoms with Crippen LogP contribution in [-0.2, 0) is 6.54 Å². The summed E-state index contributed by atoms with van der Waals surface area (Å²) in [7, 11) is 0. The average Bonchev–Trinajstić information content (AvgIpc) is 2.98. The smallest absolute Gasteiger partial charge is 0.345 e. The highest BCUT2D eigenvalue weighted by molar-refractivity contribution is 5.94. The maximum atomic E-state index is 12.5. The normalized spacial score (nSPS) is 27.0. The minimum atomic E-state index is -4.51. The molecule has 1 saturated carbocycles. The second-order valence-electron chi connectivity index (χ2n) is 6.23. The Labute approximate surface area is 130 Å². The van der Waals surface area contributed by atoms with Crippen molar-refractivity contribution in [2.45, 2.75) is 50.0 Å². The summed E-state index contributed by atoms with van der Waals surface area (Å²) < 4.78 is 38.0.